The number of rotatable bonds is 3. The van der Waals surface area contributed by atoms with Crippen molar-refractivity contribution in [2.24, 2.45) is 0 Å². The molecular weight excluding hydrogens is 278 g/mol. The van der Waals surface area contributed by atoms with Crippen molar-refractivity contribution >= 4 is 40.1 Å². The Morgan fingerprint density at radius 2 is 2.35 bits per heavy atom. The lowest BCUT2D eigenvalue weighted by molar-refractivity contribution is 0.0982. The first-order chi connectivity index (χ1) is 8.13. The Bertz CT molecular complexity index is 599. The zero-order valence-corrected chi connectivity index (χ0v) is 11.1. The summed E-state index contributed by atoms with van der Waals surface area (Å²) in [6.07, 6.45) is 0. The van der Waals surface area contributed by atoms with E-state index in [1.165, 1.54) is 16.8 Å². The SMILES string of the molecule is Cc1csc([C@@H](C#N)C(=O)c2scnc2Cl)n1. The van der Waals surface area contributed by atoms with Crippen LogP contribution in [0.2, 0.25) is 5.15 Å². The van der Waals surface area contributed by atoms with Crippen molar-refractivity contribution in [3.63, 3.8) is 0 Å². The average Bonchev–Trinajstić information content (AvgIpc) is 2.88. The number of halogens is 1. The van der Waals surface area contributed by atoms with Crippen molar-refractivity contribution in [1.82, 2.24) is 9.97 Å². The summed E-state index contributed by atoms with van der Waals surface area (Å²) in [5.74, 6) is -1.24. The van der Waals surface area contributed by atoms with Gasteiger partial charge in [-0.1, -0.05) is 11.6 Å². The molecule has 0 amide bonds. The van der Waals surface area contributed by atoms with Crippen molar-refractivity contribution in [3.05, 3.63) is 31.6 Å². The summed E-state index contributed by atoms with van der Waals surface area (Å²) >= 11 is 8.22. The van der Waals surface area contributed by atoms with Crippen LogP contribution in [0.15, 0.2) is 10.9 Å². The molecule has 86 valence electrons. The van der Waals surface area contributed by atoms with E-state index in [4.69, 9.17) is 16.9 Å². The van der Waals surface area contributed by atoms with Crippen LogP contribution < -0.4 is 0 Å². The van der Waals surface area contributed by atoms with Gasteiger partial charge in [-0.3, -0.25) is 4.79 Å². The zero-order valence-electron chi connectivity index (χ0n) is 8.68. The molecule has 2 aromatic heterocycles. The van der Waals surface area contributed by atoms with E-state index in [9.17, 15) is 4.79 Å². The number of Topliss-reactive ketones (excluding diaryl/α,β-unsaturated/α-hetero) is 1. The van der Waals surface area contributed by atoms with E-state index in [1.54, 1.807) is 5.38 Å². The Labute approximate surface area is 111 Å². The molecule has 7 heteroatoms. The summed E-state index contributed by atoms with van der Waals surface area (Å²) in [5, 5.41) is 11.5. The standard InChI is InChI=1S/C10H6ClN3OS2/c1-5-3-16-10(14-5)6(2-12)7(15)8-9(11)13-4-17-8/h3-4,6H,1H3/t6-/m0/s1. The van der Waals surface area contributed by atoms with Crippen LogP contribution in [0.4, 0.5) is 0 Å². The first kappa shape index (κ1) is 12.2. The van der Waals surface area contributed by atoms with E-state index >= 15 is 0 Å². The van der Waals surface area contributed by atoms with E-state index in [2.05, 4.69) is 9.97 Å². The number of aromatic nitrogens is 2. The first-order valence-corrected chi connectivity index (χ1v) is 6.72. The molecule has 0 saturated carbocycles. The van der Waals surface area contributed by atoms with Crippen molar-refractivity contribution in [3.8, 4) is 6.07 Å². The minimum absolute atomic E-state index is 0.147. The van der Waals surface area contributed by atoms with E-state index in [0.29, 0.717) is 9.88 Å². The van der Waals surface area contributed by atoms with E-state index < -0.39 is 5.92 Å². The van der Waals surface area contributed by atoms with Gasteiger partial charge in [0.15, 0.2) is 16.9 Å². The number of hydrogen-bond donors (Lipinski definition) is 0. The molecule has 0 aliphatic rings. The molecule has 2 rings (SSSR count). The summed E-state index contributed by atoms with van der Waals surface area (Å²) in [6.45, 7) is 1.82. The van der Waals surface area contributed by atoms with Gasteiger partial charge in [-0.15, -0.1) is 22.7 Å². The fourth-order valence-electron chi connectivity index (χ4n) is 1.25. The van der Waals surface area contributed by atoms with Gasteiger partial charge in [0.1, 0.15) is 9.88 Å². The van der Waals surface area contributed by atoms with E-state index in [1.807, 2.05) is 13.0 Å². The number of thiazole rings is 2. The molecule has 0 unspecified atom stereocenters. The molecule has 1 atom stereocenters. The smallest absolute Gasteiger partial charge is 0.200 e. The lowest BCUT2D eigenvalue weighted by Gasteiger charge is -2.02. The van der Waals surface area contributed by atoms with Crippen molar-refractivity contribution in [1.29, 1.82) is 5.26 Å². The summed E-state index contributed by atoms with van der Waals surface area (Å²) in [6, 6.07) is 1.97. The second kappa shape index (κ2) is 4.92. The molecule has 0 fully saturated rings. The Kier molecular flexibility index (Phi) is 3.52. The maximum Gasteiger partial charge on any atom is 0.200 e. The number of nitriles is 1. The van der Waals surface area contributed by atoms with Gasteiger partial charge in [-0.2, -0.15) is 5.26 Å². The van der Waals surface area contributed by atoms with Gasteiger partial charge in [-0.25, -0.2) is 9.97 Å². The minimum atomic E-state index is -0.897. The normalized spacial score (nSPS) is 12.1. The average molecular weight is 284 g/mol. The molecule has 4 nitrogen and oxygen atoms in total. The molecule has 17 heavy (non-hydrogen) atoms. The molecule has 0 bridgehead atoms. The zero-order chi connectivity index (χ0) is 12.4. The quantitative estimate of drug-likeness (QED) is 0.812. The molecular formula is C10H6ClN3OS2. The van der Waals surface area contributed by atoms with Crippen molar-refractivity contribution in [2.75, 3.05) is 0 Å². The second-order valence-corrected chi connectivity index (χ2v) is 5.33. The fourth-order valence-corrected chi connectivity index (χ4v) is 3.07. The third kappa shape index (κ3) is 2.36. The van der Waals surface area contributed by atoms with Crippen LogP contribution in [0, 0.1) is 18.3 Å². The third-order valence-electron chi connectivity index (χ3n) is 2.02. The summed E-state index contributed by atoms with van der Waals surface area (Å²) in [4.78, 5) is 20.4. The first-order valence-electron chi connectivity index (χ1n) is 4.58. The number of aryl methyl sites for hydroxylation is 1. The van der Waals surface area contributed by atoms with Gasteiger partial charge >= 0.3 is 0 Å². The topological polar surface area (TPSA) is 66.6 Å². The Morgan fingerprint density at radius 3 is 2.82 bits per heavy atom. The number of nitrogens with zero attached hydrogens (tertiary/aromatic N) is 3. The Morgan fingerprint density at radius 1 is 1.59 bits per heavy atom. The number of hydrogen-bond acceptors (Lipinski definition) is 6. The Hall–Kier alpha value is -1.29. The highest BCUT2D eigenvalue weighted by molar-refractivity contribution is 7.12. The number of carbonyl (C=O) groups is 1. The predicted molar refractivity (Wildman–Crippen MR) is 66.7 cm³/mol. The highest BCUT2D eigenvalue weighted by atomic mass is 35.5. The molecule has 0 spiro atoms. The highest BCUT2D eigenvalue weighted by Crippen LogP contribution is 2.28. The lowest BCUT2D eigenvalue weighted by Crippen LogP contribution is -2.10. The van der Waals surface area contributed by atoms with Gasteiger partial charge in [0.25, 0.3) is 0 Å². The molecule has 0 saturated heterocycles. The highest BCUT2D eigenvalue weighted by Gasteiger charge is 2.27. The van der Waals surface area contributed by atoms with Crippen LogP contribution >= 0.6 is 34.3 Å². The molecule has 0 N–H and O–H groups in total. The summed E-state index contributed by atoms with van der Waals surface area (Å²) in [7, 11) is 0. The third-order valence-corrected chi connectivity index (χ3v) is 4.29. The predicted octanol–water partition coefficient (Wildman–Crippen LogP) is 3.05. The van der Waals surface area contributed by atoms with Gasteiger partial charge < -0.3 is 0 Å². The lowest BCUT2D eigenvalue weighted by atomic mass is 10.1. The van der Waals surface area contributed by atoms with Crippen LogP contribution in [0.3, 0.4) is 0 Å². The monoisotopic (exact) mass is 283 g/mol. The van der Waals surface area contributed by atoms with Crippen LogP contribution in [0.25, 0.3) is 0 Å². The van der Waals surface area contributed by atoms with Crippen LogP contribution in [-0.2, 0) is 0 Å². The largest absolute Gasteiger partial charge is 0.291 e. The molecule has 0 aliphatic carbocycles. The van der Waals surface area contributed by atoms with Crippen molar-refractivity contribution in [2.45, 2.75) is 12.8 Å². The molecule has 0 aromatic carbocycles. The minimum Gasteiger partial charge on any atom is -0.291 e. The van der Waals surface area contributed by atoms with Crippen LogP contribution in [0.5, 0.6) is 0 Å². The molecule has 2 aromatic rings. The van der Waals surface area contributed by atoms with E-state index in [-0.39, 0.29) is 10.9 Å². The second-order valence-electron chi connectivity index (χ2n) is 3.23. The summed E-state index contributed by atoms with van der Waals surface area (Å²) in [5.41, 5.74) is 2.28. The molecule has 0 radical (unpaired) electrons. The summed E-state index contributed by atoms with van der Waals surface area (Å²) < 4.78 is 0. The Balaban J connectivity index is 2.36. The van der Waals surface area contributed by atoms with Gasteiger partial charge in [0.2, 0.25) is 0 Å². The molecule has 0 aliphatic heterocycles. The maximum atomic E-state index is 12.1. The maximum absolute atomic E-state index is 12.1. The number of carbonyl (C=O) groups excluding carboxylic acids is 1. The van der Waals surface area contributed by atoms with Gasteiger partial charge in [0, 0.05) is 11.1 Å². The van der Waals surface area contributed by atoms with Gasteiger partial charge in [-0.05, 0) is 6.92 Å². The van der Waals surface area contributed by atoms with Crippen LogP contribution in [0.1, 0.15) is 26.3 Å². The molecule has 2 heterocycles. The van der Waals surface area contributed by atoms with Gasteiger partial charge in [0.05, 0.1) is 11.6 Å². The fraction of sp³-hybridized carbons (Fsp3) is 0.200. The van der Waals surface area contributed by atoms with E-state index in [0.717, 1.165) is 17.0 Å². The van der Waals surface area contributed by atoms with Crippen molar-refractivity contribution < 1.29 is 4.79 Å². The number of ketones is 1. The van der Waals surface area contributed by atoms with Crippen LogP contribution in [-0.4, -0.2) is 15.8 Å².